The molecule has 0 aliphatic carbocycles. The zero-order valence-electron chi connectivity index (χ0n) is 14.7. The molecule has 1 aliphatic rings. The lowest BCUT2D eigenvalue weighted by Crippen LogP contribution is -2.37. The molecule has 138 valence electrons. The highest BCUT2D eigenvalue weighted by Crippen LogP contribution is 2.16. The highest BCUT2D eigenvalue weighted by atomic mass is 79.9. The Morgan fingerprint density at radius 2 is 2.04 bits per heavy atom. The molecule has 0 unspecified atom stereocenters. The Bertz CT molecular complexity index is 765. The monoisotopic (exact) mass is 419 g/mol. The average Bonchev–Trinajstić information content (AvgIpc) is 2.65. The topological polar surface area (TPSA) is 79.4 Å². The van der Waals surface area contributed by atoms with Crippen molar-refractivity contribution < 1.29 is 9.53 Å². The fourth-order valence-corrected chi connectivity index (χ4v) is 3.07. The highest BCUT2D eigenvalue weighted by Gasteiger charge is 2.14. The van der Waals surface area contributed by atoms with E-state index in [2.05, 4.69) is 41.4 Å². The van der Waals surface area contributed by atoms with Crippen LogP contribution in [0.25, 0.3) is 0 Å². The van der Waals surface area contributed by atoms with E-state index < -0.39 is 0 Å². The number of nitrogens with zero attached hydrogens (tertiary/aromatic N) is 3. The van der Waals surface area contributed by atoms with Gasteiger partial charge in [0.05, 0.1) is 13.2 Å². The lowest BCUT2D eigenvalue weighted by molar-refractivity contribution is 0.0955. The maximum atomic E-state index is 12.1. The van der Waals surface area contributed by atoms with Crippen molar-refractivity contribution in [3.05, 3.63) is 46.1 Å². The fourth-order valence-electron chi connectivity index (χ4n) is 2.67. The van der Waals surface area contributed by atoms with E-state index in [0.29, 0.717) is 37.8 Å². The maximum Gasteiger partial charge on any atom is 0.251 e. The number of ether oxygens (including phenoxy) is 1. The van der Waals surface area contributed by atoms with E-state index in [1.165, 1.54) is 0 Å². The Morgan fingerprint density at radius 3 is 2.81 bits per heavy atom. The molecule has 8 heteroatoms. The van der Waals surface area contributed by atoms with Gasteiger partial charge in [-0.3, -0.25) is 4.79 Å². The van der Waals surface area contributed by atoms with E-state index in [1.807, 2.05) is 25.1 Å². The summed E-state index contributed by atoms with van der Waals surface area (Å²) >= 11 is 3.37. The first-order chi connectivity index (χ1) is 12.6. The third kappa shape index (κ3) is 5.15. The Hall–Kier alpha value is -2.19. The van der Waals surface area contributed by atoms with Crippen LogP contribution in [0.15, 0.2) is 34.8 Å². The van der Waals surface area contributed by atoms with Crippen molar-refractivity contribution in [1.82, 2.24) is 15.3 Å². The molecule has 2 aromatic rings. The third-order valence-corrected chi connectivity index (χ3v) is 4.45. The summed E-state index contributed by atoms with van der Waals surface area (Å²) in [7, 11) is 0. The van der Waals surface area contributed by atoms with Crippen molar-refractivity contribution in [1.29, 1.82) is 0 Å². The van der Waals surface area contributed by atoms with Gasteiger partial charge in [-0.05, 0) is 25.1 Å². The number of carbonyl (C=O) groups is 1. The molecule has 1 aromatic carbocycles. The van der Waals surface area contributed by atoms with Crippen LogP contribution in [0.5, 0.6) is 0 Å². The maximum absolute atomic E-state index is 12.1. The molecule has 0 bridgehead atoms. The SMILES string of the molecule is Cc1cc(N2CCOCC2)nc(NCCNC(=O)c2cccc(Br)c2)n1. The first kappa shape index (κ1) is 18.6. The number of anilines is 2. The summed E-state index contributed by atoms with van der Waals surface area (Å²) in [4.78, 5) is 23.3. The van der Waals surface area contributed by atoms with Crippen LogP contribution in [0.1, 0.15) is 16.1 Å². The largest absolute Gasteiger partial charge is 0.378 e. The number of amides is 1. The zero-order chi connectivity index (χ0) is 18.4. The number of rotatable bonds is 6. The molecule has 3 rings (SSSR count). The van der Waals surface area contributed by atoms with E-state index >= 15 is 0 Å². The summed E-state index contributed by atoms with van der Waals surface area (Å²) < 4.78 is 6.27. The molecule has 0 saturated carbocycles. The molecule has 1 aromatic heterocycles. The minimum atomic E-state index is -0.104. The molecule has 2 heterocycles. The number of aryl methyl sites for hydroxylation is 1. The molecular weight excluding hydrogens is 398 g/mol. The fraction of sp³-hybridized carbons (Fsp3) is 0.389. The van der Waals surface area contributed by atoms with E-state index in [-0.39, 0.29) is 5.91 Å². The van der Waals surface area contributed by atoms with Crippen LogP contribution in [0.3, 0.4) is 0 Å². The van der Waals surface area contributed by atoms with Crippen molar-refractivity contribution in [3.63, 3.8) is 0 Å². The predicted molar refractivity (Wildman–Crippen MR) is 105 cm³/mol. The molecule has 1 fully saturated rings. The van der Waals surface area contributed by atoms with E-state index in [0.717, 1.165) is 29.1 Å². The van der Waals surface area contributed by atoms with Crippen LogP contribution in [0.4, 0.5) is 11.8 Å². The van der Waals surface area contributed by atoms with Crippen LogP contribution < -0.4 is 15.5 Å². The van der Waals surface area contributed by atoms with Crippen molar-refractivity contribution >= 4 is 33.6 Å². The molecule has 26 heavy (non-hydrogen) atoms. The smallest absolute Gasteiger partial charge is 0.251 e. The van der Waals surface area contributed by atoms with Gasteiger partial charge in [0.2, 0.25) is 5.95 Å². The lowest BCUT2D eigenvalue weighted by atomic mass is 10.2. The van der Waals surface area contributed by atoms with Crippen molar-refractivity contribution in [2.75, 3.05) is 49.6 Å². The Morgan fingerprint density at radius 1 is 1.23 bits per heavy atom. The van der Waals surface area contributed by atoms with Gasteiger partial charge in [-0.2, -0.15) is 4.98 Å². The van der Waals surface area contributed by atoms with Crippen LogP contribution in [-0.2, 0) is 4.74 Å². The minimum absolute atomic E-state index is 0.104. The second-order valence-corrected chi connectivity index (χ2v) is 6.90. The number of morpholine rings is 1. The van der Waals surface area contributed by atoms with Crippen molar-refractivity contribution in [3.8, 4) is 0 Å². The van der Waals surface area contributed by atoms with Crippen LogP contribution in [0, 0.1) is 6.92 Å². The van der Waals surface area contributed by atoms with E-state index in [1.54, 1.807) is 12.1 Å². The lowest BCUT2D eigenvalue weighted by Gasteiger charge is -2.28. The molecule has 7 nitrogen and oxygen atoms in total. The van der Waals surface area contributed by atoms with Gasteiger partial charge in [-0.25, -0.2) is 4.98 Å². The number of halogens is 1. The minimum Gasteiger partial charge on any atom is -0.378 e. The van der Waals surface area contributed by atoms with Gasteiger partial charge in [0.15, 0.2) is 0 Å². The Labute approximate surface area is 161 Å². The van der Waals surface area contributed by atoms with Crippen LogP contribution in [-0.4, -0.2) is 55.3 Å². The van der Waals surface area contributed by atoms with Gasteiger partial charge in [-0.1, -0.05) is 22.0 Å². The van der Waals surface area contributed by atoms with Gasteiger partial charge in [0.25, 0.3) is 5.91 Å². The van der Waals surface area contributed by atoms with Crippen molar-refractivity contribution in [2.45, 2.75) is 6.92 Å². The second kappa shape index (κ2) is 8.95. The van der Waals surface area contributed by atoms with E-state index in [4.69, 9.17) is 4.74 Å². The highest BCUT2D eigenvalue weighted by molar-refractivity contribution is 9.10. The zero-order valence-corrected chi connectivity index (χ0v) is 16.3. The molecule has 0 spiro atoms. The molecule has 1 aliphatic heterocycles. The van der Waals surface area contributed by atoms with Gasteiger partial charge >= 0.3 is 0 Å². The predicted octanol–water partition coefficient (Wildman–Crippen LogP) is 2.23. The quantitative estimate of drug-likeness (QED) is 0.698. The summed E-state index contributed by atoms with van der Waals surface area (Å²) in [6, 6.07) is 9.28. The van der Waals surface area contributed by atoms with Gasteiger partial charge in [0, 0.05) is 48.0 Å². The Kier molecular flexibility index (Phi) is 6.40. The molecule has 0 radical (unpaired) electrons. The first-order valence-corrected chi connectivity index (χ1v) is 9.37. The molecule has 1 saturated heterocycles. The van der Waals surface area contributed by atoms with E-state index in [9.17, 15) is 4.79 Å². The molecule has 2 N–H and O–H groups in total. The second-order valence-electron chi connectivity index (χ2n) is 5.98. The molecule has 1 amide bonds. The summed E-state index contributed by atoms with van der Waals surface area (Å²) in [6.45, 7) is 6.07. The number of hydrogen-bond acceptors (Lipinski definition) is 6. The summed E-state index contributed by atoms with van der Waals surface area (Å²) in [5, 5.41) is 6.06. The van der Waals surface area contributed by atoms with Gasteiger partial charge < -0.3 is 20.3 Å². The standard InChI is InChI=1S/C18H22BrN5O2/c1-13-11-16(24-7-9-26-10-8-24)23-18(22-13)21-6-5-20-17(25)14-3-2-4-15(19)12-14/h2-4,11-12H,5-10H2,1H3,(H,20,25)(H,21,22,23). The number of carbonyl (C=O) groups excluding carboxylic acids is 1. The normalized spacial score (nSPS) is 14.2. The number of benzene rings is 1. The number of hydrogen-bond donors (Lipinski definition) is 2. The van der Waals surface area contributed by atoms with Crippen LogP contribution >= 0.6 is 15.9 Å². The summed E-state index contributed by atoms with van der Waals surface area (Å²) in [5.74, 6) is 1.37. The summed E-state index contributed by atoms with van der Waals surface area (Å²) in [6.07, 6.45) is 0. The molecular formula is C18H22BrN5O2. The summed E-state index contributed by atoms with van der Waals surface area (Å²) in [5.41, 5.74) is 1.53. The Balaban J connectivity index is 1.51. The number of nitrogens with one attached hydrogen (secondary N) is 2. The van der Waals surface area contributed by atoms with Crippen molar-refractivity contribution in [2.24, 2.45) is 0 Å². The number of aromatic nitrogens is 2. The third-order valence-electron chi connectivity index (χ3n) is 3.96. The molecule has 0 atom stereocenters. The van der Waals surface area contributed by atoms with Crippen LogP contribution in [0.2, 0.25) is 0 Å². The average molecular weight is 420 g/mol. The van der Waals surface area contributed by atoms with Gasteiger partial charge in [0.1, 0.15) is 5.82 Å². The first-order valence-electron chi connectivity index (χ1n) is 8.58. The van der Waals surface area contributed by atoms with Gasteiger partial charge in [-0.15, -0.1) is 0 Å².